The van der Waals surface area contributed by atoms with E-state index in [-0.39, 0.29) is 23.5 Å². The van der Waals surface area contributed by atoms with Crippen LogP contribution in [0.5, 0.6) is 0 Å². The molecule has 2 unspecified atom stereocenters. The number of hydrogen-bond donors (Lipinski definition) is 1. The van der Waals surface area contributed by atoms with E-state index in [2.05, 4.69) is 24.8 Å². The van der Waals surface area contributed by atoms with Crippen LogP contribution in [0, 0.1) is 30.1 Å². The molecule has 10 heteroatoms. The number of carbonyl (C=O) groups excluding carboxylic acids is 1. The summed E-state index contributed by atoms with van der Waals surface area (Å²) in [5.74, 6) is 0.892. The van der Waals surface area contributed by atoms with Gasteiger partial charge in [0.2, 0.25) is 0 Å². The molecule has 0 radical (unpaired) electrons. The lowest BCUT2D eigenvalue weighted by molar-refractivity contribution is -0.137. The Bertz CT molecular complexity index is 1260. The summed E-state index contributed by atoms with van der Waals surface area (Å²) in [5.41, 5.74) is 1.21. The maximum Gasteiger partial charge on any atom is 0.303 e. The maximum absolute atomic E-state index is 13.5. The first-order valence-corrected chi connectivity index (χ1v) is 16.2. The van der Waals surface area contributed by atoms with Crippen LogP contribution in [0.3, 0.4) is 0 Å². The lowest BCUT2D eigenvalue weighted by Gasteiger charge is -2.38. The second-order valence-corrected chi connectivity index (χ2v) is 13.2. The van der Waals surface area contributed by atoms with Crippen molar-refractivity contribution in [2.75, 3.05) is 24.5 Å². The average molecular weight is 601 g/mol. The Labute approximate surface area is 253 Å². The standard InChI is InChI=1S/C31H44N4O4S2/c1-5-34-28(33-19-21(2)16-22(3)20-33)24(23(4)25(18-32)29(34)38)17-26-30(39)35(31(40)41-26)15-13-11-9-7-6-8-10-12-14-27(36)37/h17,21-22H,5-16,19-20H2,1-4H3,(H,36,37)/b26-17+. The second-order valence-electron chi connectivity index (χ2n) is 11.6. The van der Waals surface area contributed by atoms with E-state index in [1.807, 2.05) is 13.0 Å². The van der Waals surface area contributed by atoms with Gasteiger partial charge in [0.15, 0.2) is 0 Å². The zero-order valence-corrected chi connectivity index (χ0v) is 26.5. The molecule has 0 aliphatic carbocycles. The molecule has 3 rings (SSSR count). The number of carboxylic acids is 1. The third-order valence-electron chi connectivity index (χ3n) is 8.00. The summed E-state index contributed by atoms with van der Waals surface area (Å²) in [6.45, 7) is 10.8. The number of hydrogen-bond acceptors (Lipinski definition) is 7. The molecule has 2 atom stereocenters. The molecular formula is C31H44N4O4S2. The third-order valence-corrected chi connectivity index (χ3v) is 9.38. The molecule has 0 aromatic carbocycles. The molecule has 224 valence electrons. The normalized spacial score (nSPS) is 20.2. The fourth-order valence-corrected chi connectivity index (χ4v) is 7.34. The van der Waals surface area contributed by atoms with E-state index in [1.54, 1.807) is 16.4 Å². The summed E-state index contributed by atoms with van der Waals surface area (Å²) in [6.07, 6.45) is 11.1. The van der Waals surface area contributed by atoms with Crippen molar-refractivity contribution in [3.8, 4) is 6.07 Å². The number of thiocarbonyl (C=S) groups is 1. The van der Waals surface area contributed by atoms with E-state index in [1.165, 1.54) is 11.8 Å². The van der Waals surface area contributed by atoms with Crippen LogP contribution >= 0.6 is 24.0 Å². The van der Waals surface area contributed by atoms with Crippen LogP contribution in [0.25, 0.3) is 6.08 Å². The van der Waals surface area contributed by atoms with E-state index in [4.69, 9.17) is 17.3 Å². The highest BCUT2D eigenvalue weighted by Gasteiger charge is 2.33. The highest BCUT2D eigenvalue weighted by molar-refractivity contribution is 8.26. The number of carboxylic acid groups (broad SMARTS) is 1. The van der Waals surface area contributed by atoms with Crippen molar-refractivity contribution in [2.24, 2.45) is 11.8 Å². The Morgan fingerprint density at radius 3 is 2.22 bits per heavy atom. The molecule has 2 aliphatic heterocycles. The van der Waals surface area contributed by atoms with Gasteiger partial charge in [0.25, 0.3) is 11.5 Å². The minimum atomic E-state index is -0.728. The van der Waals surface area contributed by atoms with Gasteiger partial charge in [0.1, 0.15) is 21.8 Å². The minimum absolute atomic E-state index is 0.114. The highest BCUT2D eigenvalue weighted by Crippen LogP contribution is 2.37. The number of pyridine rings is 1. The van der Waals surface area contributed by atoms with Crippen molar-refractivity contribution in [2.45, 2.75) is 98.4 Å². The number of piperidine rings is 1. The van der Waals surface area contributed by atoms with Crippen LogP contribution in [0.4, 0.5) is 5.82 Å². The Kier molecular flexibility index (Phi) is 12.5. The predicted molar refractivity (Wildman–Crippen MR) is 170 cm³/mol. The molecule has 2 fully saturated rings. The molecule has 0 saturated carbocycles. The van der Waals surface area contributed by atoms with Gasteiger partial charge in [-0.3, -0.25) is 23.9 Å². The quantitative estimate of drug-likeness (QED) is 0.150. The van der Waals surface area contributed by atoms with E-state index in [0.29, 0.717) is 39.7 Å². The SMILES string of the molecule is CCn1c(N2CC(C)CC(C)C2)c(/C=C2/SC(=S)N(CCCCCCCCCCC(=O)O)C2=O)c(C)c(C#N)c1=O. The molecule has 1 aromatic heterocycles. The first-order valence-electron chi connectivity index (χ1n) is 15.0. The zero-order valence-electron chi connectivity index (χ0n) is 24.9. The van der Waals surface area contributed by atoms with Crippen LogP contribution < -0.4 is 10.5 Å². The van der Waals surface area contributed by atoms with Crippen LogP contribution in [0.2, 0.25) is 0 Å². The molecule has 2 aliphatic rings. The molecule has 0 spiro atoms. The van der Waals surface area contributed by atoms with Crippen molar-refractivity contribution in [3.05, 3.63) is 31.9 Å². The maximum atomic E-state index is 13.5. The minimum Gasteiger partial charge on any atom is -0.481 e. The lowest BCUT2D eigenvalue weighted by atomic mass is 9.91. The monoisotopic (exact) mass is 600 g/mol. The van der Waals surface area contributed by atoms with Crippen molar-refractivity contribution < 1.29 is 14.7 Å². The van der Waals surface area contributed by atoms with Gasteiger partial charge in [-0.2, -0.15) is 5.26 Å². The number of aliphatic carboxylic acids is 1. The molecule has 1 N–H and O–H groups in total. The van der Waals surface area contributed by atoms with Crippen molar-refractivity contribution in [3.63, 3.8) is 0 Å². The van der Waals surface area contributed by atoms with Gasteiger partial charge in [0, 0.05) is 38.2 Å². The third kappa shape index (κ3) is 8.45. The van der Waals surface area contributed by atoms with E-state index < -0.39 is 5.97 Å². The number of amides is 1. The number of anilines is 1. The number of rotatable bonds is 14. The van der Waals surface area contributed by atoms with Gasteiger partial charge in [-0.15, -0.1) is 0 Å². The summed E-state index contributed by atoms with van der Waals surface area (Å²) in [6, 6.07) is 2.11. The summed E-state index contributed by atoms with van der Waals surface area (Å²) in [7, 11) is 0. The summed E-state index contributed by atoms with van der Waals surface area (Å²) in [4.78, 5) is 41.8. The molecule has 41 heavy (non-hydrogen) atoms. The molecular weight excluding hydrogens is 556 g/mol. The van der Waals surface area contributed by atoms with Crippen molar-refractivity contribution in [1.29, 1.82) is 5.26 Å². The second kappa shape index (κ2) is 15.5. The van der Waals surface area contributed by atoms with E-state index in [9.17, 15) is 19.6 Å². The number of nitriles is 1. The summed E-state index contributed by atoms with van der Waals surface area (Å²) < 4.78 is 2.23. The highest BCUT2D eigenvalue weighted by atomic mass is 32.2. The summed E-state index contributed by atoms with van der Waals surface area (Å²) >= 11 is 6.89. The molecule has 0 bridgehead atoms. The molecule has 3 heterocycles. The van der Waals surface area contributed by atoms with Gasteiger partial charge >= 0.3 is 5.97 Å². The fourth-order valence-electron chi connectivity index (χ4n) is 6.04. The van der Waals surface area contributed by atoms with Crippen molar-refractivity contribution >= 4 is 52.1 Å². The topological polar surface area (TPSA) is 107 Å². The molecule has 1 aromatic rings. The Hall–Kier alpha value is -2.64. The molecule has 2 saturated heterocycles. The number of carbonyl (C=O) groups is 2. The number of nitrogens with zero attached hydrogens (tertiary/aromatic N) is 4. The number of aromatic nitrogens is 1. The fraction of sp³-hybridized carbons (Fsp3) is 0.645. The zero-order chi connectivity index (χ0) is 30.1. The number of thioether (sulfide) groups is 1. The Morgan fingerprint density at radius 2 is 1.66 bits per heavy atom. The lowest BCUT2D eigenvalue weighted by Crippen LogP contribution is -2.42. The van der Waals surface area contributed by atoms with Crippen LogP contribution in [-0.4, -0.2) is 50.4 Å². The van der Waals surface area contributed by atoms with Gasteiger partial charge in [-0.05, 0) is 56.6 Å². The van der Waals surface area contributed by atoms with E-state index >= 15 is 0 Å². The van der Waals surface area contributed by atoms with Gasteiger partial charge in [-0.1, -0.05) is 76.4 Å². The van der Waals surface area contributed by atoms with Crippen molar-refractivity contribution in [1.82, 2.24) is 9.47 Å². The first kappa shape index (κ1) is 32.9. The molecule has 1 amide bonds. The number of unbranched alkanes of at least 4 members (excludes halogenated alkanes) is 7. The first-order chi connectivity index (χ1) is 19.6. The van der Waals surface area contributed by atoms with Crippen LogP contribution in [0.15, 0.2) is 9.70 Å². The Balaban J connectivity index is 1.73. The van der Waals surface area contributed by atoms with Gasteiger partial charge < -0.3 is 10.0 Å². The van der Waals surface area contributed by atoms with E-state index in [0.717, 1.165) is 82.3 Å². The van der Waals surface area contributed by atoms with Gasteiger partial charge in [-0.25, -0.2) is 0 Å². The predicted octanol–water partition coefficient (Wildman–Crippen LogP) is 6.33. The van der Waals surface area contributed by atoms with Gasteiger partial charge in [0.05, 0.1) is 4.91 Å². The smallest absolute Gasteiger partial charge is 0.303 e. The summed E-state index contributed by atoms with van der Waals surface area (Å²) in [5, 5.41) is 18.5. The van der Waals surface area contributed by atoms with Crippen LogP contribution in [0.1, 0.15) is 102 Å². The molecule has 8 nitrogen and oxygen atoms in total. The average Bonchev–Trinajstić information content (AvgIpc) is 3.17. The van der Waals surface area contributed by atoms with Crippen LogP contribution in [-0.2, 0) is 16.1 Å². The largest absolute Gasteiger partial charge is 0.481 e. The Morgan fingerprint density at radius 1 is 1.07 bits per heavy atom.